The molecule has 1 aromatic heterocycles. The van der Waals surface area contributed by atoms with E-state index in [1.54, 1.807) is 0 Å². The molecule has 158 valence electrons. The maximum absolute atomic E-state index is 13.9. The number of primary amides is 1. The number of anilines is 1. The van der Waals surface area contributed by atoms with E-state index in [1.165, 1.54) is 13.0 Å². The van der Waals surface area contributed by atoms with Crippen molar-refractivity contribution in [3.63, 3.8) is 0 Å². The zero-order valence-corrected chi connectivity index (χ0v) is 17.1. The lowest BCUT2D eigenvalue weighted by atomic mass is 10.1. The van der Waals surface area contributed by atoms with Crippen molar-refractivity contribution < 1.29 is 23.1 Å². The van der Waals surface area contributed by atoms with Crippen molar-refractivity contribution in [2.24, 2.45) is 5.73 Å². The summed E-state index contributed by atoms with van der Waals surface area (Å²) in [7, 11) is 3.85. The Bertz CT molecular complexity index is 855. The number of carbonyl (C=O) groups is 2. The third kappa shape index (κ3) is 6.09. The van der Waals surface area contributed by atoms with Gasteiger partial charge in [0.25, 0.3) is 5.91 Å². The van der Waals surface area contributed by atoms with Crippen LogP contribution in [0.2, 0.25) is 0 Å². The second-order valence-corrected chi connectivity index (χ2v) is 7.26. The zero-order chi connectivity index (χ0) is 21.6. The van der Waals surface area contributed by atoms with Crippen molar-refractivity contribution in [1.82, 2.24) is 14.6 Å². The number of carbonyl (C=O) groups excluding carboxylic acids is 2. The number of hydrogen-bond donors (Lipinski definition) is 3. The predicted octanol–water partition coefficient (Wildman–Crippen LogP) is 2.73. The highest BCUT2D eigenvalue weighted by molar-refractivity contribution is 7.11. The molecule has 0 fully saturated rings. The molecule has 1 atom stereocenters. The van der Waals surface area contributed by atoms with Gasteiger partial charge in [0.1, 0.15) is 28.3 Å². The van der Waals surface area contributed by atoms with Crippen LogP contribution in [-0.2, 0) is 0 Å². The van der Waals surface area contributed by atoms with E-state index in [9.17, 15) is 18.4 Å². The number of nitrogens with zero attached hydrogens (tertiary/aromatic N) is 2. The van der Waals surface area contributed by atoms with Crippen molar-refractivity contribution in [3.05, 3.63) is 41.0 Å². The second-order valence-electron chi connectivity index (χ2n) is 6.49. The summed E-state index contributed by atoms with van der Waals surface area (Å²) in [4.78, 5) is 25.9. The number of ether oxygens (including phenoxy) is 1. The summed E-state index contributed by atoms with van der Waals surface area (Å²) in [5, 5.41) is 5.24. The molecule has 0 aliphatic carbocycles. The van der Waals surface area contributed by atoms with Gasteiger partial charge in [0.05, 0.1) is 5.56 Å². The molecule has 0 aliphatic heterocycles. The van der Waals surface area contributed by atoms with E-state index in [1.807, 2.05) is 19.0 Å². The number of benzene rings is 1. The van der Waals surface area contributed by atoms with Crippen LogP contribution in [0.3, 0.4) is 0 Å². The summed E-state index contributed by atoms with van der Waals surface area (Å²) in [5.41, 5.74) is 4.92. The van der Waals surface area contributed by atoms with Crippen LogP contribution in [-0.4, -0.2) is 48.4 Å². The highest BCUT2D eigenvalue weighted by atomic mass is 32.1. The minimum absolute atomic E-state index is 0.0822. The van der Waals surface area contributed by atoms with Gasteiger partial charge in [-0.1, -0.05) is 6.07 Å². The van der Waals surface area contributed by atoms with Crippen LogP contribution in [0.4, 0.5) is 18.6 Å². The maximum Gasteiger partial charge on any atom is 0.319 e. The minimum atomic E-state index is -1.08. The van der Waals surface area contributed by atoms with Crippen LogP contribution in [0.5, 0.6) is 5.88 Å². The van der Waals surface area contributed by atoms with Gasteiger partial charge >= 0.3 is 6.03 Å². The Kier molecular flexibility index (Phi) is 7.85. The quantitative estimate of drug-likeness (QED) is 0.533. The fourth-order valence-corrected chi connectivity index (χ4v) is 3.25. The summed E-state index contributed by atoms with van der Waals surface area (Å²) >= 11 is 0.779. The van der Waals surface area contributed by atoms with E-state index >= 15 is 0 Å². The normalized spacial score (nSPS) is 11.9. The summed E-state index contributed by atoms with van der Waals surface area (Å²) in [5.74, 6) is -2.67. The van der Waals surface area contributed by atoms with Gasteiger partial charge in [0.2, 0.25) is 5.88 Å². The van der Waals surface area contributed by atoms with E-state index in [0.29, 0.717) is 6.54 Å². The Hall–Kier alpha value is -2.79. The molecule has 0 radical (unpaired) electrons. The van der Waals surface area contributed by atoms with Crippen LogP contribution in [0.25, 0.3) is 0 Å². The molecule has 0 saturated carbocycles. The molecule has 1 aromatic carbocycles. The van der Waals surface area contributed by atoms with Crippen molar-refractivity contribution in [1.29, 1.82) is 0 Å². The van der Waals surface area contributed by atoms with E-state index in [4.69, 9.17) is 10.5 Å². The number of nitrogens with one attached hydrogen (secondary N) is 2. The average Bonchev–Trinajstić information content (AvgIpc) is 3.00. The highest BCUT2D eigenvalue weighted by Crippen LogP contribution is 2.34. The predicted molar refractivity (Wildman–Crippen MR) is 106 cm³/mol. The third-order valence-corrected chi connectivity index (χ3v) is 4.64. The SMILES string of the molecule is CC(Oc1nsc(NC(=O)NCCCN(C)C)c1C(N)=O)c1c(F)cccc1F. The molecule has 3 amide bonds. The summed E-state index contributed by atoms with van der Waals surface area (Å²) in [6.45, 7) is 2.65. The summed E-state index contributed by atoms with van der Waals surface area (Å²) < 4.78 is 37.3. The molecule has 1 unspecified atom stereocenters. The zero-order valence-electron chi connectivity index (χ0n) is 16.3. The van der Waals surface area contributed by atoms with Gasteiger partial charge in [0, 0.05) is 6.54 Å². The topological polar surface area (TPSA) is 110 Å². The van der Waals surface area contributed by atoms with E-state index < -0.39 is 29.7 Å². The monoisotopic (exact) mass is 427 g/mol. The first kappa shape index (κ1) is 22.5. The Morgan fingerprint density at radius 2 is 1.97 bits per heavy atom. The number of hydrogen-bond acceptors (Lipinski definition) is 6. The molecule has 2 rings (SSSR count). The molecule has 0 bridgehead atoms. The largest absolute Gasteiger partial charge is 0.468 e. The molecular formula is C18H23F2N5O3S. The summed E-state index contributed by atoms with van der Waals surface area (Å²) in [6, 6.07) is 2.90. The van der Waals surface area contributed by atoms with Gasteiger partial charge in [-0.25, -0.2) is 13.6 Å². The molecule has 0 aliphatic rings. The fourth-order valence-electron chi connectivity index (χ4n) is 2.53. The molecular weight excluding hydrogens is 404 g/mol. The lowest BCUT2D eigenvalue weighted by Gasteiger charge is -2.15. The van der Waals surface area contributed by atoms with Gasteiger partial charge in [0.15, 0.2) is 0 Å². The van der Waals surface area contributed by atoms with Gasteiger partial charge in [-0.3, -0.25) is 10.1 Å². The second kappa shape index (κ2) is 10.1. The Balaban J connectivity index is 2.10. The Morgan fingerprint density at radius 3 is 2.55 bits per heavy atom. The van der Waals surface area contributed by atoms with Crippen LogP contribution < -0.4 is 21.1 Å². The number of halogens is 2. The van der Waals surface area contributed by atoms with Gasteiger partial charge in [-0.05, 0) is 57.6 Å². The summed E-state index contributed by atoms with van der Waals surface area (Å²) in [6.07, 6.45) is -0.338. The number of urea groups is 1. The number of aromatic nitrogens is 1. The van der Waals surface area contributed by atoms with Gasteiger partial charge < -0.3 is 20.7 Å². The van der Waals surface area contributed by atoms with Crippen LogP contribution in [0.1, 0.15) is 35.4 Å². The fraction of sp³-hybridized carbons (Fsp3) is 0.389. The first-order chi connectivity index (χ1) is 13.7. The lowest BCUT2D eigenvalue weighted by molar-refractivity contribution is 0.0994. The molecule has 0 spiro atoms. The molecule has 2 aromatic rings. The van der Waals surface area contributed by atoms with Crippen LogP contribution in [0, 0.1) is 11.6 Å². The van der Waals surface area contributed by atoms with Gasteiger partial charge in [-0.2, -0.15) is 4.37 Å². The highest BCUT2D eigenvalue weighted by Gasteiger charge is 2.25. The number of nitrogens with two attached hydrogens (primary N) is 1. The molecule has 0 saturated heterocycles. The molecule has 29 heavy (non-hydrogen) atoms. The maximum atomic E-state index is 13.9. The average molecular weight is 427 g/mol. The standard InChI is InChI=1S/C18H23F2N5O3S/c1-10(13-11(19)6-4-7-12(13)20)28-16-14(15(21)26)17(29-24-16)23-18(27)22-8-5-9-25(2)3/h4,6-7,10H,5,8-9H2,1-3H3,(H2,21,26)(H2,22,23,27). The van der Waals surface area contributed by atoms with Crippen LogP contribution >= 0.6 is 11.5 Å². The van der Waals surface area contributed by atoms with Gasteiger partial charge in [-0.15, -0.1) is 0 Å². The minimum Gasteiger partial charge on any atom is -0.468 e. The molecule has 1 heterocycles. The van der Waals surface area contributed by atoms with Crippen LogP contribution in [0.15, 0.2) is 18.2 Å². The van der Waals surface area contributed by atoms with Crippen molar-refractivity contribution in [3.8, 4) is 5.88 Å². The Labute approximate surface area is 171 Å². The van der Waals surface area contributed by atoms with E-state index in [0.717, 1.165) is 36.6 Å². The lowest BCUT2D eigenvalue weighted by Crippen LogP contribution is -2.31. The third-order valence-electron chi connectivity index (χ3n) is 3.90. The number of rotatable bonds is 9. The molecule has 4 N–H and O–H groups in total. The van der Waals surface area contributed by atoms with Crippen molar-refractivity contribution >= 4 is 28.5 Å². The van der Waals surface area contributed by atoms with Crippen molar-refractivity contribution in [2.75, 3.05) is 32.5 Å². The first-order valence-electron chi connectivity index (χ1n) is 8.80. The van der Waals surface area contributed by atoms with E-state index in [2.05, 4.69) is 15.0 Å². The van der Waals surface area contributed by atoms with Crippen molar-refractivity contribution in [2.45, 2.75) is 19.4 Å². The Morgan fingerprint density at radius 1 is 1.31 bits per heavy atom. The molecule has 11 heteroatoms. The first-order valence-corrected chi connectivity index (χ1v) is 9.57. The molecule has 8 nitrogen and oxygen atoms in total. The smallest absolute Gasteiger partial charge is 0.319 e. The van der Waals surface area contributed by atoms with E-state index in [-0.39, 0.29) is 22.0 Å². The number of amides is 3.